The minimum Gasteiger partial charge on any atom is -0.493 e. The third-order valence-electron chi connectivity index (χ3n) is 5.92. The second kappa shape index (κ2) is 7.77. The minimum absolute atomic E-state index is 0.0909. The summed E-state index contributed by atoms with van der Waals surface area (Å²) >= 11 is 0. The normalized spacial score (nSPS) is 23.8. The van der Waals surface area contributed by atoms with Crippen molar-refractivity contribution in [2.24, 2.45) is 5.92 Å². The predicted octanol–water partition coefficient (Wildman–Crippen LogP) is 3.67. The molecule has 1 atom stereocenters. The van der Waals surface area contributed by atoms with Gasteiger partial charge in [0, 0.05) is 24.6 Å². The molecule has 0 bridgehead atoms. The largest absolute Gasteiger partial charge is 0.493 e. The van der Waals surface area contributed by atoms with Crippen molar-refractivity contribution in [1.82, 2.24) is 10.2 Å². The summed E-state index contributed by atoms with van der Waals surface area (Å²) in [5, 5.41) is 3.26. The first-order valence-electron chi connectivity index (χ1n) is 10.0. The Labute approximate surface area is 150 Å². The summed E-state index contributed by atoms with van der Waals surface area (Å²) in [4.78, 5) is 15.2. The highest BCUT2D eigenvalue weighted by Gasteiger charge is 2.33. The molecular weight excluding hydrogens is 312 g/mol. The van der Waals surface area contributed by atoms with Gasteiger partial charge in [-0.3, -0.25) is 9.69 Å². The Morgan fingerprint density at radius 2 is 1.88 bits per heavy atom. The maximum absolute atomic E-state index is 12.7. The zero-order valence-electron chi connectivity index (χ0n) is 15.1. The van der Waals surface area contributed by atoms with Crippen LogP contribution in [0.2, 0.25) is 0 Å². The number of hydrogen-bond acceptors (Lipinski definition) is 3. The van der Waals surface area contributed by atoms with Crippen molar-refractivity contribution in [3.63, 3.8) is 0 Å². The molecule has 1 amide bonds. The third-order valence-corrected chi connectivity index (χ3v) is 5.92. The van der Waals surface area contributed by atoms with Gasteiger partial charge in [0.05, 0.1) is 19.2 Å². The Balaban J connectivity index is 1.34. The van der Waals surface area contributed by atoms with E-state index in [-0.39, 0.29) is 11.9 Å². The molecule has 4 rings (SSSR count). The van der Waals surface area contributed by atoms with Crippen LogP contribution in [0.15, 0.2) is 24.3 Å². The highest BCUT2D eigenvalue weighted by Crippen LogP contribution is 2.33. The van der Waals surface area contributed by atoms with E-state index in [1.807, 2.05) is 18.2 Å². The molecule has 1 aromatic carbocycles. The average Bonchev–Trinajstić information content (AvgIpc) is 3.48. The number of ether oxygens (including phenoxy) is 1. The van der Waals surface area contributed by atoms with E-state index in [0.717, 1.165) is 30.2 Å². The zero-order valence-corrected chi connectivity index (χ0v) is 15.1. The summed E-state index contributed by atoms with van der Waals surface area (Å²) in [5.74, 6) is 1.88. The highest BCUT2D eigenvalue weighted by atomic mass is 16.5. The Bertz CT molecular complexity index is 593. The molecule has 0 aromatic heterocycles. The lowest BCUT2D eigenvalue weighted by atomic mass is 9.89. The van der Waals surface area contributed by atoms with Gasteiger partial charge in [0.25, 0.3) is 0 Å². The van der Waals surface area contributed by atoms with Crippen LogP contribution in [0.5, 0.6) is 5.75 Å². The van der Waals surface area contributed by atoms with Gasteiger partial charge in [-0.2, -0.15) is 0 Å². The number of fused-ring (bicyclic) bond motifs is 1. The molecule has 4 nitrogen and oxygen atoms in total. The van der Waals surface area contributed by atoms with Gasteiger partial charge in [0.15, 0.2) is 0 Å². The molecule has 4 heteroatoms. The fraction of sp³-hybridized carbons (Fsp3) is 0.667. The van der Waals surface area contributed by atoms with Gasteiger partial charge < -0.3 is 10.1 Å². The van der Waals surface area contributed by atoms with Crippen LogP contribution in [-0.2, 0) is 4.79 Å². The van der Waals surface area contributed by atoms with Crippen LogP contribution in [0.25, 0.3) is 0 Å². The lowest BCUT2D eigenvalue weighted by Gasteiger charge is -2.31. The zero-order chi connectivity index (χ0) is 17.1. The first-order chi connectivity index (χ1) is 12.3. The molecule has 1 heterocycles. The quantitative estimate of drug-likeness (QED) is 0.857. The van der Waals surface area contributed by atoms with Gasteiger partial charge in [0.2, 0.25) is 5.91 Å². The van der Waals surface area contributed by atoms with E-state index in [4.69, 9.17) is 4.74 Å². The molecule has 136 valence electrons. The molecule has 0 radical (unpaired) electrons. The first kappa shape index (κ1) is 16.9. The van der Waals surface area contributed by atoms with Crippen molar-refractivity contribution >= 4 is 5.91 Å². The SMILES string of the molecule is O=C(CN(CC1CCCCC1)C1CC1)NC1CCOc2ccccc21. The number of amides is 1. The Morgan fingerprint density at radius 3 is 2.68 bits per heavy atom. The van der Waals surface area contributed by atoms with Gasteiger partial charge >= 0.3 is 0 Å². The minimum atomic E-state index is 0.0909. The van der Waals surface area contributed by atoms with Crippen LogP contribution < -0.4 is 10.1 Å². The van der Waals surface area contributed by atoms with Crippen LogP contribution >= 0.6 is 0 Å². The van der Waals surface area contributed by atoms with Crippen molar-refractivity contribution in [3.8, 4) is 5.75 Å². The fourth-order valence-corrected chi connectivity index (χ4v) is 4.40. The smallest absolute Gasteiger partial charge is 0.234 e. The number of carbonyl (C=O) groups excluding carboxylic acids is 1. The van der Waals surface area contributed by atoms with Crippen molar-refractivity contribution in [3.05, 3.63) is 29.8 Å². The second-order valence-electron chi connectivity index (χ2n) is 7.96. The van der Waals surface area contributed by atoms with E-state index in [0.29, 0.717) is 19.2 Å². The van der Waals surface area contributed by atoms with Crippen molar-refractivity contribution in [2.45, 2.75) is 63.5 Å². The van der Waals surface area contributed by atoms with E-state index >= 15 is 0 Å². The average molecular weight is 342 g/mol. The van der Waals surface area contributed by atoms with Gasteiger partial charge in [-0.25, -0.2) is 0 Å². The Hall–Kier alpha value is -1.55. The van der Waals surface area contributed by atoms with Gasteiger partial charge in [-0.15, -0.1) is 0 Å². The maximum atomic E-state index is 12.7. The van der Waals surface area contributed by atoms with Crippen molar-refractivity contribution in [1.29, 1.82) is 0 Å². The van der Waals surface area contributed by atoms with Crippen LogP contribution in [0.1, 0.15) is 63.0 Å². The number of para-hydroxylation sites is 1. The maximum Gasteiger partial charge on any atom is 0.234 e. The predicted molar refractivity (Wildman–Crippen MR) is 98.6 cm³/mol. The fourth-order valence-electron chi connectivity index (χ4n) is 4.40. The second-order valence-corrected chi connectivity index (χ2v) is 7.96. The Kier molecular flexibility index (Phi) is 5.25. The molecule has 2 aliphatic carbocycles. The molecule has 1 unspecified atom stereocenters. The number of nitrogens with one attached hydrogen (secondary N) is 1. The standard InChI is InChI=1S/C21H30N2O2/c24-21(22-19-12-13-25-20-9-5-4-8-18(19)20)15-23(17-10-11-17)14-16-6-2-1-3-7-16/h4-5,8-9,16-17,19H,1-3,6-7,10-15H2,(H,22,24). The number of rotatable bonds is 6. The van der Waals surface area contributed by atoms with E-state index in [1.54, 1.807) is 0 Å². The highest BCUT2D eigenvalue weighted by molar-refractivity contribution is 5.78. The summed E-state index contributed by atoms with van der Waals surface area (Å²) in [7, 11) is 0. The molecule has 1 N–H and O–H groups in total. The molecular formula is C21H30N2O2. The number of hydrogen-bond donors (Lipinski definition) is 1. The topological polar surface area (TPSA) is 41.6 Å². The van der Waals surface area contributed by atoms with Crippen LogP contribution in [-0.4, -0.2) is 36.5 Å². The number of nitrogens with zero attached hydrogens (tertiary/aromatic N) is 1. The van der Waals surface area contributed by atoms with E-state index in [1.165, 1.54) is 44.9 Å². The van der Waals surface area contributed by atoms with Crippen molar-refractivity contribution in [2.75, 3.05) is 19.7 Å². The summed E-state index contributed by atoms with van der Waals surface area (Å²) in [5.41, 5.74) is 1.12. The number of benzene rings is 1. The molecule has 0 saturated heterocycles. The van der Waals surface area contributed by atoms with Crippen LogP contribution in [0.3, 0.4) is 0 Å². The molecule has 1 aromatic rings. The van der Waals surface area contributed by atoms with E-state index in [9.17, 15) is 4.79 Å². The summed E-state index contributed by atoms with van der Waals surface area (Å²) in [6.45, 7) is 2.35. The summed E-state index contributed by atoms with van der Waals surface area (Å²) < 4.78 is 5.70. The number of carbonyl (C=O) groups is 1. The summed E-state index contributed by atoms with van der Waals surface area (Å²) in [6.07, 6.45) is 10.2. The monoisotopic (exact) mass is 342 g/mol. The van der Waals surface area contributed by atoms with Gasteiger partial charge in [-0.05, 0) is 37.7 Å². The molecule has 2 saturated carbocycles. The molecule has 1 aliphatic heterocycles. The lowest BCUT2D eigenvalue weighted by Crippen LogP contribution is -2.43. The van der Waals surface area contributed by atoms with Gasteiger partial charge in [0.1, 0.15) is 5.75 Å². The van der Waals surface area contributed by atoms with E-state index < -0.39 is 0 Å². The molecule has 3 aliphatic rings. The molecule has 2 fully saturated rings. The van der Waals surface area contributed by atoms with E-state index in [2.05, 4.69) is 16.3 Å². The summed E-state index contributed by atoms with van der Waals surface area (Å²) in [6, 6.07) is 8.81. The van der Waals surface area contributed by atoms with Crippen molar-refractivity contribution < 1.29 is 9.53 Å². The third kappa shape index (κ3) is 4.35. The first-order valence-corrected chi connectivity index (χ1v) is 10.0. The van der Waals surface area contributed by atoms with Gasteiger partial charge in [-0.1, -0.05) is 37.5 Å². The lowest BCUT2D eigenvalue weighted by molar-refractivity contribution is -0.123. The molecule has 0 spiro atoms. The Morgan fingerprint density at radius 1 is 1.08 bits per heavy atom. The van der Waals surface area contributed by atoms with Crippen LogP contribution in [0.4, 0.5) is 0 Å². The van der Waals surface area contributed by atoms with Crippen LogP contribution in [0, 0.1) is 5.92 Å². The molecule has 25 heavy (non-hydrogen) atoms.